The maximum atomic E-state index is 11.6. The van der Waals surface area contributed by atoms with Crippen LogP contribution in [0.4, 0.5) is 8.78 Å². The minimum absolute atomic E-state index is 0. The number of carboxylic acids is 1. The Morgan fingerprint density at radius 3 is 1.73 bits per heavy atom. The van der Waals surface area contributed by atoms with Crippen molar-refractivity contribution in [1.29, 1.82) is 0 Å². The van der Waals surface area contributed by atoms with Crippen molar-refractivity contribution in [2.75, 3.05) is 0 Å². The van der Waals surface area contributed by atoms with Crippen LogP contribution in [0.2, 0.25) is 0 Å². The van der Waals surface area contributed by atoms with Crippen LogP contribution in [0.25, 0.3) is 0 Å². The van der Waals surface area contributed by atoms with Gasteiger partial charge in [0.2, 0.25) is 0 Å². The van der Waals surface area contributed by atoms with Gasteiger partial charge in [-0.25, -0.2) is 0 Å². The number of rotatable bonds is 2. The third-order valence-electron chi connectivity index (χ3n) is 0.562. The fraction of sp³-hybridized carbons (Fsp3) is 0.500. The van der Waals surface area contributed by atoms with Gasteiger partial charge in [-0.2, -0.15) is 17.2 Å². The third-order valence-corrected chi connectivity index (χ3v) is 1.38. The molecule has 0 spiro atoms. The molecule has 0 saturated carbocycles. The van der Waals surface area contributed by atoms with Gasteiger partial charge in [-0.1, -0.05) is 0 Å². The van der Waals surface area contributed by atoms with E-state index >= 15 is 0 Å². The normalized spacial score (nSPS) is 11.9. The fourth-order valence-electron chi connectivity index (χ4n) is 0.105. The molecular formula is C2HF2LiO5S. The standard InChI is InChI=1S/C2H2F2O5S.Li/c3-2(4,1(5)6)10(7,8)9;/h(H,5,6)(H,7,8,9);/q;+1/p-1. The molecule has 1 N–H and O–H groups in total. The van der Waals surface area contributed by atoms with Crippen molar-refractivity contribution in [3.63, 3.8) is 0 Å². The average molecular weight is 182 g/mol. The third kappa shape index (κ3) is 2.74. The van der Waals surface area contributed by atoms with E-state index in [1.165, 1.54) is 0 Å². The summed E-state index contributed by atoms with van der Waals surface area (Å²) < 4.78 is 49.6. The van der Waals surface area contributed by atoms with Crippen molar-refractivity contribution in [2.24, 2.45) is 0 Å². The first-order valence-electron chi connectivity index (χ1n) is 1.76. The average Bonchev–Trinajstić information content (AvgIpc) is 1.62. The van der Waals surface area contributed by atoms with Crippen LogP contribution in [-0.2, 0) is 14.9 Å². The summed E-state index contributed by atoms with van der Waals surface area (Å²) >= 11 is 0. The monoisotopic (exact) mass is 182 g/mol. The van der Waals surface area contributed by atoms with Crippen molar-refractivity contribution in [2.45, 2.75) is 5.25 Å². The number of alkyl halides is 2. The molecule has 0 rings (SSSR count). The van der Waals surface area contributed by atoms with Crippen molar-refractivity contribution in [3.05, 3.63) is 0 Å². The molecule has 0 aromatic rings. The molecule has 0 heterocycles. The quantitative estimate of drug-likeness (QED) is 0.341. The zero-order chi connectivity index (χ0) is 8.58. The number of carbonyl (C=O) groups is 1. The topological polar surface area (TPSA) is 94.5 Å². The van der Waals surface area contributed by atoms with E-state index in [1.54, 1.807) is 0 Å². The predicted molar refractivity (Wildman–Crippen MR) is 21.5 cm³/mol. The molecule has 0 aromatic carbocycles. The van der Waals surface area contributed by atoms with Crippen LogP contribution in [0.5, 0.6) is 0 Å². The summed E-state index contributed by atoms with van der Waals surface area (Å²) in [7, 11) is -5.90. The first-order valence-corrected chi connectivity index (χ1v) is 3.20. The van der Waals surface area contributed by atoms with Gasteiger partial charge in [0.25, 0.3) is 0 Å². The van der Waals surface area contributed by atoms with E-state index in [1.807, 2.05) is 0 Å². The maximum Gasteiger partial charge on any atom is 1.00 e. The second kappa shape index (κ2) is 3.49. The summed E-state index contributed by atoms with van der Waals surface area (Å²) in [5, 5.41) is 4.04. The molecule has 60 valence electrons. The Bertz CT molecular complexity index is 245. The van der Waals surface area contributed by atoms with E-state index in [4.69, 9.17) is 4.55 Å². The molecule has 0 aliphatic heterocycles. The minimum Gasteiger partial charge on any atom is -0.543 e. The van der Waals surface area contributed by atoms with E-state index < -0.39 is 21.3 Å². The number of hydrogen-bond acceptors (Lipinski definition) is 4. The molecule has 0 aliphatic rings. The van der Waals surface area contributed by atoms with Crippen molar-refractivity contribution < 1.29 is 50.5 Å². The fourth-order valence-corrected chi connectivity index (χ4v) is 0.316. The Hall–Kier alpha value is -0.163. The molecule has 9 heteroatoms. The van der Waals surface area contributed by atoms with E-state index in [0.29, 0.717) is 0 Å². The van der Waals surface area contributed by atoms with Crippen LogP contribution in [0.1, 0.15) is 0 Å². The van der Waals surface area contributed by atoms with Crippen LogP contribution < -0.4 is 24.0 Å². The molecule has 0 atom stereocenters. The van der Waals surface area contributed by atoms with Gasteiger partial charge in [0, 0.05) is 0 Å². The second-order valence-corrected chi connectivity index (χ2v) is 2.74. The molecule has 0 bridgehead atoms. The molecule has 0 unspecified atom stereocenters. The van der Waals surface area contributed by atoms with Gasteiger partial charge in [-0.15, -0.1) is 0 Å². The Balaban J connectivity index is 0. The number of aliphatic carboxylic acids is 1. The van der Waals surface area contributed by atoms with Crippen LogP contribution in [0.15, 0.2) is 0 Å². The second-order valence-electron chi connectivity index (χ2n) is 1.28. The van der Waals surface area contributed by atoms with Gasteiger partial charge in [0.1, 0.15) is 5.97 Å². The summed E-state index contributed by atoms with van der Waals surface area (Å²) in [5.74, 6) is -3.16. The summed E-state index contributed by atoms with van der Waals surface area (Å²) in [6, 6.07) is 0. The largest absolute Gasteiger partial charge is 1.00 e. The van der Waals surface area contributed by atoms with Crippen LogP contribution in [0, 0.1) is 0 Å². The first-order chi connectivity index (χ1) is 4.19. The number of carboxylic acid groups (broad SMARTS) is 1. The Morgan fingerprint density at radius 1 is 1.45 bits per heavy atom. The Morgan fingerprint density at radius 2 is 1.73 bits per heavy atom. The van der Waals surface area contributed by atoms with Crippen molar-refractivity contribution >= 4 is 16.1 Å². The van der Waals surface area contributed by atoms with Crippen molar-refractivity contribution in [3.8, 4) is 0 Å². The molecule has 0 radical (unpaired) electrons. The molecule has 0 aromatic heterocycles. The van der Waals surface area contributed by atoms with Crippen LogP contribution >= 0.6 is 0 Å². The number of halogens is 2. The van der Waals surface area contributed by atoms with Crippen molar-refractivity contribution in [1.82, 2.24) is 0 Å². The summed E-state index contributed by atoms with van der Waals surface area (Å²) in [4.78, 5) is 9.27. The number of hydrogen-bond donors (Lipinski definition) is 1. The van der Waals surface area contributed by atoms with E-state index in [2.05, 4.69) is 0 Å². The van der Waals surface area contributed by atoms with Gasteiger partial charge in [-0.3, -0.25) is 4.55 Å². The number of carbonyl (C=O) groups excluding carboxylic acids is 1. The Kier molecular flexibility index (Phi) is 4.26. The zero-order valence-electron chi connectivity index (χ0n) is 5.24. The van der Waals surface area contributed by atoms with E-state index in [0.717, 1.165) is 0 Å². The summed E-state index contributed by atoms with van der Waals surface area (Å²) in [5.41, 5.74) is 0. The Labute approximate surface area is 72.3 Å². The van der Waals surface area contributed by atoms with E-state index in [9.17, 15) is 27.1 Å². The molecule has 0 saturated heterocycles. The molecule has 0 fully saturated rings. The SMILES string of the molecule is O=C([O-])C(F)(F)S(=O)(=O)O.[Li+]. The van der Waals surface area contributed by atoms with Gasteiger partial charge in [0.05, 0.1) is 0 Å². The maximum absolute atomic E-state index is 11.6. The van der Waals surface area contributed by atoms with Gasteiger partial charge in [-0.05, 0) is 0 Å². The predicted octanol–water partition coefficient (Wildman–Crippen LogP) is -4.78. The summed E-state index contributed by atoms with van der Waals surface area (Å²) in [6.07, 6.45) is 0. The van der Waals surface area contributed by atoms with Gasteiger partial charge >= 0.3 is 34.2 Å². The van der Waals surface area contributed by atoms with Crippen LogP contribution in [-0.4, -0.2) is 24.2 Å². The molecule has 11 heavy (non-hydrogen) atoms. The molecule has 0 amide bonds. The smallest absolute Gasteiger partial charge is 0.543 e. The first kappa shape index (κ1) is 13.4. The molecular weight excluding hydrogens is 181 g/mol. The van der Waals surface area contributed by atoms with E-state index in [-0.39, 0.29) is 18.9 Å². The van der Waals surface area contributed by atoms with Gasteiger partial charge < -0.3 is 9.90 Å². The van der Waals surface area contributed by atoms with Gasteiger partial charge in [0.15, 0.2) is 0 Å². The van der Waals surface area contributed by atoms with Crippen LogP contribution in [0.3, 0.4) is 0 Å². The molecule has 0 aliphatic carbocycles. The molecule has 5 nitrogen and oxygen atoms in total. The summed E-state index contributed by atoms with van der Waals surface area (Å²) in [6.45, 7) is 0. The minimum atomic E-state index is -5.90. The zero-order valence-corrected chi connectivity index (χ0v) is 6.06.